The molecule has 1 heterocycles. The summed E-state index contributed by atoms with van der Waals surface area (Å²) in [4.78, 5) is 0. The molecule has 0 unspecified atom stereocenters. The number of aromatic nitrogens is 4. The molecule has 0 saturated carbocycles. The van der Waals surface area contributed by atoms with Crippen molar-refractivity contribution in [2.45, 2.75) is 10.4 Å². The van der Waals surface area contributed by atoms with Crippen molar-refractivity contribution in [3.8, 4) is 11.1 Å². The average Bonchev–Trinajstić information content (AvgIpc) is 3.03. The van der Waals surface area contributed by atoms with E-state index in [1.165, 1.54) is 22.3 Å². The number of tetrazole rings is 1. The van der Waals surface area contributed by atoms with Crippen LogP contribution in [0, 0.1) is 0 Å². The first kappa shape index (κ1) is 11.7. The van der Waals surface area contributed by atoms with Gasteiger partial charge in [0.1, 0.15) is 0 Å². The molecule has 1 aliphatic carbocycles. The lowest BCUT2D eigenvalue weighted by Gasteiger charge is -2.11. The standard InChI is InChI=1S/C15H12N4S/c1-19-15(16-17-18-19)20-14-12-8-4-2-6-10(12)11-7-3-5-9-13(11)14/h2-9,14H,1H3. The fraction of sp³-hybridized carbons (Fsp3) is 0.133. The maximum absolute atomic E-state index is 4.09. The fourth-order valence-electron chi connectivity index (χ4n) is 2.66. The third-order valence-electron chi connectivity index (χ3n) is 3.58. The third-order valence-corrected chi connectivity index (χ3v) is 4.88. The van der Waals surface area contributed by atoms with E-state index in [4.69, 9.17) is 0 Å². The van der Waals surface area contributed by atoms with Crippen LogP contribution in [0.3, 0.4) is 0 Å². The predicted molar refractivity (Wildman–Crippen MR) is 78.4 cm³/mol. The van der Waals surface area contributed by atoms with Crippen molar-refractivity contribution >= 4 is 11.8 Å². The van der Waals surface area contributed by atoms with Gasteiger partial charge in [0.2, 0.25) is 5.16 Å². The van der Waals surface area contributed by atoms with Gasteiger partial charge in [-0.3, -0.25) is 0 Å². The molecule has 0 atom stereocenters. The van der Waals surface area contributed by atoms with Gasteiger partial charge in [-0.1, -0.05) is 60.3 Å². The molecule has 0 amide bonds. The first-order chi connectivity index (χ1) is 9.84. The molecule has 5 heteroatoms. The zero-order valence-corrected chi connectivity index (χ0v) is 11.7. The van der Waals surface area contributed by atoms with Crippen LogP contribution in [0.15, 0.2) is 53.7 Å². The monoisotopic (exact) mass is 280 g/mol. The Bertz CT molecular complexity index is 735. The van der Waals surface area contributed by atoms with E-state index >= 15 is 0 Å². The normalized spacial score (nSPS) is 13.2. The SMILES string of the molecule is Cn1nnnc1SC1c2ccccc2-c2ccccc21. The highest BCUT2D eigenvalue weighted by Gasteiger charge is 2.29. The summed E-state index contributed by atoms with van der Waals surface area (Å²) in [5.74, 6) is 0. The molecular weight excluding hydrogens is 268 g/mol. The number of thioether (sulfide) groups is 1. The molecule has 0 aliphatic heterocycles. The Hall–Kier alpha value is -2.14. The molecule has 20 heavy (non-hydrogen) atoms. The Morgan fingerprint density at radius 3 is 2.10 bits per heavy atom. The van der Waals surface area contributed by atoms with Gasteiger partial charge in [0.25, 0.3) is 0 Å². The molecule has 0 fully saturated rings. The zero-order chi connectivity index (χ0) is 13.5. The van der Waals surface area contributed by atoms with E-state index in [9.17, 15) is 0 Å². The van der Waals surface area contributed by atoms with E-state index in [1.54, 1.807) is 16.4 Å². The molecule has 4 rings (SSSR count). The highest BCUT2D eigenvalue weighted by Crippen LogP contribution is 2.51. The summed E-state index contributed by atoms with van der Waals surface area (Å²) in [7, 11) is 1.87. The maximum atomic E-state index is 4.09. The number of hydrogen-bond donors (Lipinski definition) is 0. The van der Waals surface area contributed by atoms with Crippen molar-refractivity contribution in [3.63, 3.8) is 0 Å². The fourth-order valence-corrected chi connectivity index (χ4v) is 3.81. The van der Waals surface area contributed by atoms with Crippen LogP contribution in [0.5, 0.6) is 0 Å². The minimum absolute atomic E-state index is 0.257. The Balaban J connectivity index is 1.85. The molecule has 4 nitrogen and oxygen atoms in total. The van der Waals surface area contributed by atoms with Gasteiger partial charge in [-0.15, -0.1) is 5.10 Å². The van der Waals surface area contributed by atoms with Crippen LogP contribution >= 0.6 is 11.8 Å². The lowest BCUT2D eigenvalue weighted by molar-refractivity contribution is 0.664. The minimum Gasteiger partial charge on any atom is -0.224 e. The molecule has 98 valence electrons. The second-order valence-corrected chi connectivity index (χ2v) is 5.83. The largest absolute Gasteiger partial charge is 0.224 e. The van der Waals surface area contributed by atoms with E-state index in [-0.39, 0.29) is 5.25 Å². The van der Waals surface area contributed by atoms with Gasteiger partial charge in [-0.05, 0) is 32.7 Å². The van der Waals surface area contributed by atoms with E-state index in [2.05, 4.69) is 64.1 Å². The van der Waals surface area contributed by atoms with Crippen molar-refractivity contribution in [2.75, 3.05) is 0 Å². The molecule has 0 radical (unpaired) electrons. The summed E-state index contributed by atoms with van der Waals surface area (Å²) in [6, 6.07) is 17.1. The van der Waals surface area contributed by atoms with Gasteiger partial charge in [0.05, 0.1) is 5.25 Å². The van der Waals surface area contributed by atoms with Crippen LogP contribution in [0.2, 0.25) is 0 Å². The molecule has 3 aromatic rings. The van der Waals surface area contributed by atoms with Crippen molar-refractivity contribution in [1.29, 1.82) is 0 Å². The van der Waals surface area contributed by atoms with Gasteiger partial charge in [-0.25, -0.2) is 4.68 Å². The van der Waals surface area contributed by atoms with Gasteiger partial charge in [-0.2, -0.15) is 0 Å². The van der Waals surface area contributed by atoms with Gasteiger partial charge in [0.15, 0.2) is 0 Å². The number of nitrogens with zero attached hydrogens (tertiary/aromatic N) is 4. The van der Waals surface area contributed by atoms with Gasteiger partial charge in [0, 0.05) is 7.05 Å². The second-order valence-electron chi connectivity index (χ2n) is 4.76. The van der Waals surface area contributed by atoms with E-state index in [0.29, 0.717) is 0 Å². The van der Waals surface area contributed by atoms with E-state index in [1.807, 2.05) is 7.05 Å². The summed E-state index contributed by atoms with van der Waals surface area (Å²) in [5, 5.41) is 12.8. The molecule has 1 aliphatic rings. The number of fused-ring (bicyclic) bond motifs is 3. The first-order valence-electron chi connectivity index (χ1n) is 6.42. The van der Waals surface area contributed by atoms with Crippen molar-refractivity contribution in [3.05, 3.63) is 59.7 Å². The first-order valence-corrected chi connectivity index (χ1v) is 7.30. The Morgan fingerprint density at radius 1 is 0.950 bits per heavy atom. The number of benzene rings is 2. The summed E-state index contributed by atoms with van der Waals surface area (Å²) in [5.41, 5.74) is 5.30. The van der Waals surface area contributed by atoms with Crippen molar-refractivity contribution < 1.29 is 0 Å². The average molecular weight is 280 g/mol. The molecule has 0 bridgehead atoms. The summed E-state index contributed by atoms with van der Waals surface area (Å²) in [6.07, 6.45) is 0. The summed E-state index contributed by atoms with van der Waals surface area (Å²) in [6.45, 7) is 0. The van der Waals surface area contributed by atoms with Crippen LogP contribution in [-0.4, -0.2) is 20.2 Å². The van der Waals surface area contributed by atoms with E-state index in [0.717, 1.165) is 5.16 Å². The Kier molecular flexibility index (Phi) is 2.60. The maximum Gasteiger partial charge on any atom is 0.209 e. The Morgan fingerprint density at radius 2 is 1.55 bits per heavy atom. The molecular formula is C15H12N4S. The number of rotatable bonds is 2. The number of hydrogen-bond acceptors (Lipinski definition) is 4. The second kappa shape index (κ2) is 4.45. The molecule has 2 aromatic carbocycles. The molecule has 0 spiro atoms. The highest BCUT2D eigenvalue weighted by atomic mass is 32.2. The molecule has 0 saturated heterocycles. The van der Waals surface area contributed by atoms with Crippen LogP contribution in [0.1, 0.15) is 16.4 Å². The van der Waals surface area contributed by atoms with Crippen LogP contribution in [0.4, 0.5) is 0 Å². The van der Waals surface area contributed by atoms with Crippen molar-refractivity contribution in [1.82, 2.24) is 20.2 Å². The molecule has 0 N–H and O–H groups in total. The predicted octanol–water partition coefficient (Wildman–Crippen LogP) is 3.07. The van der Waals surface area contributed by atoms with E-state index < -0.39 is 0 Å². The third kappa shape index (κ3) is 1.67. The zero-order valence-electron chi connectivity index (χ0n) is 10.9. The minimum atomic E-state index is 0.257. The smallest absolute Gasteiger partial charge is 0.209 e. The number of aryl methyl sites for hydroxylation is 1. The van der Waals surface area contributed by atoms with Crippen molar-refractivity contribution in [2.24, 2.45) is 7.05 Å². The topological polar surface area (TPSA) is 43.6 Å². The van der Waals surface area contributed by atoms with Crippen LogP contribution in [0.25, 0.3) is 11.1 Å². The summed E-state index contributed by atoms with van der Waals surface area (Å²) < 4.78 is 1.72. The quantitative estimate of drug-likeness (QED) is 0.723. The lowest BCUT2D eigenvalue weighted by atomic mass is 10.1. The van der Waals surface area contributed by atoms with Crippen LogP contribution < -0.4 is 0 Å². The molecule has 1 aromatic heterocycles. The van der Waals surface area contributed by atoms with Gasteiger partial charge < -0.3 is 0 Å². The highest BCUT2D eigenvalue weighted by molar-refractivity contribution is 7.99. The van der Waals surface area contributed by atoms with Crippen LogP contribution in [-0.2, 0) is 7.05 Å². The lowest BCUT2D eigenvalue weighted by Crippen LogP contribution is -1.97. The Labute approximate surface area is 120 Å². The summed E-state index contributed by atoms with van der Waals surface area (Å²) >= 11 is 1.70. The van der Waals surface area contributed by atoms with Gasteiger partial charge >= 0.3 is 0 Å².